The Morgan fingerprint density at radius 2 is 2.23 bits per heavy atom. The molecule has 2 aliphatic rings. The van der Waals surface area contributed by atoms with Gasteiger partial charge in [0.15, 0.2) is 5.82 Å². The highest BCUT2D eigenvalue weighted by Gasteiger charge is 2.30. The van der Waals surface area contributed by atoms with Crippen molar-refractivity contribution >= 4 is 22.9 Å². The molecule has 0 aliphatic heterocycles. The first-order valence-electron chi connectivity index (χ1n) is 7.68. The lowest BCUT2D eigenvalue weighted by molar-refractivity contribution is -0.120. The van der Waals surface area contributed by atoms with E-state index in [1.807, 2.05) is 11.4 Å². The second-order valence-corrected chi connectivity index (χ2v) is 6.78. The van der Waals surface area contributed by atoms with Gasteiger partial charge in [-0.3, -0.25) is 4.79 Å². The molecule has 0 spiro atoms. The number of carbonyl (C=O) groups excluding carboxylic acids is 1. The van der Waals surface area contributed by atoms with Gasteiger partial charge in [-0.1, -0.05) is 17.3 Å². The van der Waals surface area contributed by atoms with E-state index < -0.39 is 0 Å². The van der Waals surface area contributed by atoms with Crippen LogP contribution in [0.25, 0.3) is 10.8 Å². The molecule has 4 rings (SSSR count). The molecule has 2 aromatic heterocycles. The van der Waals surface area contributed by atoms with Gasteiger partial charge in [0.2, 0.25) is 5.91 Å². The molecule has 22 heavy (non-hydrogen) atoms. The van der Waals surface area contributed by atoms with Gasteiger partial charge in [-0.2, -0.15) is 4.98 Å². The number of rotatable bonds is 4. The summed E-state index contributed by atoms with van der Waals surface area (Å²) >= 11 is 1.51. The van der Waals surface area contributed by atoms with Crippen molar-refractivity contribution in [1.29, 1.82) is 0 Å². The number of nitrogens with zero attached hydrogens (tertiary/aromatic N) is 2. The summed E-state index contributed by atoms with van der Waals surface area (Å²) in [6.07, 6.45) is 9.21. The van der Waals surface area contributed by atoms with Crippen LogP contribution in [0.3, 0.4) is 0 Å². The van der Waals surface area contributed by atoms with E-state index >= 15 is 0 Å². The van der Waals surface area contributed by atoms with Crippen LogP contribution in [0.5, 0.6) is 0 Å². The van der Waals surface area contributed by atoms with Gasteiger partial charge < -0.3 is 9.84 Å². The molecule has 0 radical (unpaired) electrons. The Balaban J connectivity index is 1.51. The van der Waals surface area contributed by atoms with E-state index in [1.165, 1.54) is 11.3 Å². The van der Waals surface area contributed by atoms with Crippen molar-refractivity contribution < 1.29 is 9.32 Å². The Hall–Kier alpha value is -1.95. The van der Waals surface area contributed by atoms with Gasteiger partial charge in [0.25, 0.3) is 5.89 Å². The molecule has 2 aliphatic carbocycles. The number of amides is 1. The zero-order valence-corrected chi connectivity index (χ0v) is 12.9. The Kier molecular flexibility index (Phi) is 3.54. The molecule has 0 bridgehead atoms. The molecule has 5 nitrogen and oxygen atoms in total. The second kappa shape index (κ2) is 5.68. The molecule has 1 atom stereocenters. The molecule has 1 saturated carbocycles. The van der Waals surface area contributed by atoms with Crippen LogP contribution in [0.15, 0.2) is 28.1 Å². The number of allylic oxidation sites excluding steroid dienone is 2. The lowest BCUT2D eigenvalue weighted by Gasteiger charge is -2.17. The first-order chi connectivity index (χ1) is 10.8. The third-order valence-electron chi connectivity index (χ3n) is 4.14. The molecule has 0 saturated heterocycles. The minimum atomic E-state index is 0.0578. The van der Waals surface area contributed by atoms with Crippen molar-refractivity contribution in [2.24, 2.45) is 5.92 Å². The number of thiophene rings is 1. The standard InChI is InChI=1S/C16H17N3O2S/c20-15(11-4-2-1-3-5-11)17-12-8-9-22-13(12)16-18-14(19-21-16)10-6-7-10/h1-2,8-11H,3-7H2,(H,17,20). The lowest BCUT2D eigenvalue weighted by Crippen LogP contribution is -2.23. The van der Waals surface area contributed by atoms with Gasteiger partial charge in [-0.05, 0) is 43.6 Å². The summed E-state index contributed by atoms with van der Waals surface area (Å²) in [6.45, 7) is 0. The summed E-state index contributed by atoms with van der Waals surface area (Å²) in [5, 5.41) is 9.00. The SMILES string of the molecule is O=C(Nc1ccsc1-c1nc(C2CC2)no1)C1CC=CCC1. The van der Waals surface area contributed by atoms with Gasteiger partial charge >= 0.3 is 0 Å². The molecule has 0 aromatic carbocycles. The van der Waals surface area contributed by atoms with Crippen LogP contribution in [0, 0.1) is 5.92 Å². The zero-order valence-electron chi connectivity index (χ0n) is 12.1. The van der Waals surface area contributed by atoms with E-state index in [-0.39, 0.29) is 11.8 Å². The Morgan fingerprint density at radius 3 is 3.00 bits per heavy atom. The Bertz CT molecular complexity index is 715. The van der Waals surface area contributed by atoms with Crippen LogP contribution in [-0.2, 0) is 4.79 Å². The average molecular weight is 315 g/mol. The molecule has 1 N–H and O–H groups in total. The van der Waals surface area contributed by atoms with Crippen molar-refractivity contribution in [2.75, 3.05) is 5.32 Å². The highest BCUT2D eigenvalue weighted by atomic mass is 32.1. The second-order valence-electron chi connectivity index (χ2n) is 5.87. The number of hydrogen-bond acceptors (Lipinski definition) is 5. The van der Waals surface area contributed by atoms with E-state index in [4.69, 9.17) is 4.52 Å². The minimum Gasteiger partial charge on any atom is -0.333 e. The Labute approximate surface area is 132 Å². The third-order valence-corrected chi connectivity index (χ3v) is 5.04. The summed E-state index contributed by atoms with van der Waals surface area (Å²) in [7, 11) is 0. The van der Waals surface area contributed by atoms with Gasteiger partial charge in [0.1, 0.15) is 4.88 Å². The summed E-state index contributed by atoms with van der Waals surface area (Å²) in [5.74, 6) is 1.90. The fourth-order valence-electron chi connectivity index (χ4n) is 2.67. The highest BCUT2D eigenvalue weighted by molar-refractivity contribution is 7.14. The van der Waals surface area contributed by atoms with Crippen molar-refractivity contribution in [3.8, 4) is 10.8 Å². The van der Waals surface area contributed by atoms with Gasteiger partial charge in [-0.15, -0.1) is 11.3 Å². The summed E-state index contributed by atoms with van der Waals surface area (Å²) in [4.78, 5) is 17.7. The van der Waals surface area contributed by atoms with Crippen LogP contribution in [0.4, 0.5) is 5.69 Å². The molecule has 6 heteroatoms. The first-order valence-corrected chi connectivity index (χ1v) is 8.56. The maximum atomic E-state index is 12.4. The number of aromatic nitrogens is 2. The fraction of sp³-hybridized carbons (Fsp3) is 0.438. The average Bonchev–Trinajstić information content (AvgIpc) is 3.10. The van der Waals surface area contributed by atoms with Crippen molar-refractivity contribution in [3.05, 3.63) is 29.4 Å². The molecular weight excluding hydrogens is 298 g/mol. The van der Waals surface area contributed by atoms with Crippen molar-refractivity contribution in [1.82, 2.24) is 10.1 Å². The zero-order chi connectivity index (χ0) is 14.9. The largest absolute Gasteiger partial charge is 0.333 e. The van der Waals surface area contributed by atoms with Crippen LogP contribution in [-0.4, -0.2) is 16.0 Å². The van der Waals surface area contributed by atoms with Crippen molar-refractivity contribution in [3.63, 3.8) is 0 Å². The molecule has 1 unspecified atom stereocenters. The molecular formula is C16H17N3O2S. The van der Waals surface area contributed by atoms with Crippen molar-refractivity contribution in [2.45, 2.75) is 38.0 Å². The predicted octanol–water partition coefficient (Wildman–Crippen LogP) is 3.97. The molecule has 2 aromatic rings. The van der Waals surface area contributed by atoms with Gasteiger partial charge in [0.05, 0.1) is 5.69 Å². The van der Waals surface area contributed by atoms with Gasteiger partial charge in [-0.25, -0.2) is 0 Å². The molecule has 114 valence electrons. The van der Waals surface area contributed by atoms with Crippen LogP contribution >= 0.6 is 11.3 Å². The molecule has 2 heterocycles. The number of hydrogen-bond donors (Lipinski definition) is 1. The maximum Gasteiger partial charge on any atom is 0.270 e. The normalized spacial score (nSPS) is 21.0. The third kappa shape index (κ3) is 2.70. The monoisotopic (exact) mass is 315 g/mol. The first kappa shape index (κ1) is 13.7. The van der Waals surface area contributed by atoms with Crippen LogP contribution in [0.2, 0.25) is 0 Å². The number of nitrogens with one attached hydrogen (secondary N) is 1. The van der Waals surface area contributed by atoms with E-state index in [0.29, 0.717) is 11.8 Å². The maximum absolute atomic E-state index is 12.4. The van der Waals surface area contributed by atoms with Crippen LogP contribution < -0.4 is 5.32 Å². The van der Waals surface area contributed by atoms with E-state index in [1.54, 1.807) is 0 Å². The molecule has 1 fully saturated rings. The smallest absolute Gasteiger partial charge is 0.270 e. The minimum absolute atomic E-state index is 0.0578. The molecule has 1 amide bonds. The summed E-state index contributed by atoms with van der Waals surface area (Å²) < 4.78 is 5.36. The topological polar surface area (TPSA) is 68.0 Å². The summed E-state index contributed by atoms with van der Waals surface area (Å²) in [5.41, 5.74) is 0.774. The number of carbonyl (C=O) groups is 1. The van der Waals surface area contributed by atoms with Gasteiger partial charge in [0, 0.05) is 11.8 Å². The van der Waals surface area contributed by atoms with E-state index in [2.05, 4.69) is 27.6 Å². The van der Waals surface area contributed by atoms with E-state index in [9.17, 15) is 4.79 Å². The highest BCUT2D eigenvalue weighted by Crippen LogP contribution is 2.40. The fourth-order valence-corrected chi connectivity index (χ4v) is 3.44. The predicted molar refractivity (Wildman–Crippen MR) is 84.7 cm³/mol. The lowest BCUT2D eigenvalue weighted by atomic mass is 9.93. The number of anilines is 1. The Morgan fingerprint density at radius 1 is 1.32 bits per heavy atom. The van der Waals surface area contributed by atoms with Crippen LogP contribution in [0.1, 0.15) is 43.8 Å². The summed E-state index contributed by atoms with van der Waals surface area (Å²) in [6, 6.07) is 1.90. The van der Waals surface area contributed by atoms with E-state index in [0.717, 1.165) is 48.5 Å². The quantitative estimate of drug-likeness (QED) is 0.867.